The van der Waals surface area contributed by atoms with Gasteiger partial charge < -0.3 is 11.1 Å². The van der Waals surface area contributed by atoms with Crippen LogP contribution >= 0.6 is 24.8 Å². The Balaban J connectivity index is 0.00000150. The molecule has 1 atom stereocenters. The lowest BCUT2D eigenvalue weighted by Crippen LogP contribution is -2.31. The van der Waals surface area contributed by atoms with Crippen molar-refractivity contribution < 1.29 is 0 Å². The Labute approximate surface area is 182 Å². The van der Waals surface area contributed by atoms with Gasteiger partial charge in [-0.25, -0.2) is 4.98 Å². The molecule has 0 amide bonds. The van der Waals surface area contributed by atoms with E-state index in [2.05, 4.69) is 38.7 Å². The molecule has 0 saturated carbocycles. The highest BCUT2D eigenvalue weighted by molar-refractivity contribution is 5.86. The van der Waals surface area contributed by atoms with Crippen molar-refractivity contribution in [2.24, 2.45) is 5.73 Å². The number of rotatable bonds is 6. The number of nitrogens with zero attached hydrogens (tertiary/aromatic N) is 3. The van der Waals surface area contributed by atoms with Gasteiger partial charge in [-0.3, -0.25) is 10.1 Å². The summed E-state index contributed by atoms with van der Waals surface area (Å²) in [5, 5.41) is 11.8. The summed E-state index contributed by atoms with van der Waals surface area (Å²) in [6, 6.07) is 16.5. The van der Waals surface area contributed by atoms with Gasteiger partial charge in [0.05, 0.1) is 23.6 Å². The zero-order valence-corrected chi connectivity index (χ0v) is 17.6. The third-order valence-electron chi connectivity index (χ3n) is 4.64. The number of benzene rings is 2. The molecule has 0 bridgehead atoms. The van der Waals surface area contributed by atoms with E-state index in [9.17, 15) is 0 Å². The molecular weight excluding hydrogens is 407 g/mol. The van der Waals surface area contributed by atoms with Gasteiger partial charge in [-0.1, -0.05) is 36.4 Å². The van der Waals surface area contributed by atoms with E-state index in [1.165, 1.54) is 5.56 Å². The largest absolute Gasteiger partial charge is 0.364 e. The lowest BCUT2D eigenvalue weighted by molar-refractivity contribution is 0.719. The summed E-state index contributed by atoms with van der Waals surface area (Å²) in [6.07, 6.45) is 4.35. The SMILES string of the molecule is Cc1[nH]nc2ccc(-c3cncc(N[C@H](CN)Cc4ccccc4)n3)cc12.Cl.Cl. The molecule has 0 radical (unpaired) electrons. The van der Waals surface area contributed by atoms with Crippen LogP contribution in [0.4, 0.5) is 5.82 Å². The van der Waals surface area contributed by atoms with E-state index in [-0.39, 0.29) is 30.9 Å². The van der Waals surface area contributed by atoms with Gasteiger partial charge in [0, 0.05) is 29.2 Å². The van der Waals surface area contributed by atoms with E-state index in [0.29, 0.717) is 6.54 Å². The molecule has 0 aliphatic carbocycles. The summed E-state index contributed by atoms with van der Waals surface area (Å²) >= 11 is 0. The average Bonchev–Trinajstić information content (AvgIpc) is 3.09. The molecule has 6 nitrogen and oxygen atoms in total. The second-order valence-corrected chi connectivity index (χ2v) is 6.64. The summed E-state index contributed by atoms with van der Waals surface area (Å²) in [7, 11) is 0. The molecule has 2 aromatic heterocycles. The molecule has 2 heterocycles. The Bertz CT molecular complexity index is 1050. The van der Waals surface area contributed by atoms with Crippen LogP contribution in [0.5, 0.6) is 0 Å². The molecule has 8 heteroatoms. The number of H-pyrrole nitrogens is 1. The van der Waals surface area contributed by atoms with Crippen molar-refractivity contribution in [3.63, 3.8) is 0 Å². The highest BCUT2D eigenvalue weighted by Gasteiger charge is 2.11. The minimum Gasteiger partial charge on any atom is -0.364 e. The van der Waals surface area contributed by atoms with E-state index in [0.717, 1.165) is 40.1 Å². The van der Waals surface area contributed by atoms with Crippen LogP contribution in [0.2, 0.25) is 0 Å². The Morgan fingerprint density at radius 3 is 2.62 bits per heavy atom. The fourth-order valence-corrected chi connectivity index (χ4v) is 3.17. The Kier molecular flexibility index (Phi) is 7.96. The van der Waals surface area contributed by atoms with Crippen LogP contribution in [0.25, 0.3) is 22.2 Å². The Morgan fingerprint density at radius 2 is 1.86 bits per heavy atom. The third kappa shape index (κ3) is 5.23. The fourth-order valence-electron chi connectivity index (χ4n) is 3.17. The van der Waals surface area contributed by atoms with Crippen LogP contribution in [0.15, 0.2) is 60.9 Å². The lowest BCUT2D eigenvalue weighted by Gasteiger charge is -2.17. The maximum atomic E-state index is 5.96. The number of anilines is 1. The van der Waals surface area contributed by atoms with E-state index in [1.807, 2.05) is 37.3 Å². The normalized spacial score (nSPS) is 11.4. The van der Waals surface area contributed by atoms with Crippen LogP contribution in [-0.4, -0.2) is 32.8 Å². The zero-order valence-electron chi connectivity index (χ0n) is 16.0. The molecule has 152 valence electrons. The molecular formula is C21H24Cl2N6. The van der Waals surface area contributed by atoms with Gasteiger partial charge in [-0.05, 0) is 31.0 Å². The van der Waals surface area contributed by atoms with Gasteiger partial charge in [-0.15, -0.1) is 24.8 Å². The summed E-state index contributed by atoms with van der Waals surface area (Å²) in [5.74, 6) is 0.725. The standard InChI is InChI=1S/C21H22N6.2ClH/c1-14-18-10-16(7-8-19(18)27-26-14)20-12-23-13-21(25-20)24-17(11-22)9-15-5-3-2-4-6-15;;/h2-8,10,12-13,17H,9,11,22H2,1H3,(H,24,25)(H,26,27);2*1H/t17-;;/m0../s1. The second kappa shape index (κ2) is 10.2. The fraction of sp³-hybridized carbons (Fsp3) is 0.190. The molecule has 0 saturated heterocycles. The molecule has 4 rings (SSSR count). The number of halogens is 2. The highest BCUT2D eigenvalue weighted by atomic mass is 35.5. The van der Waals surface area contributed by atoms with Gasteiger partial charge in [0.1, 0.15) is 5.82 Å². The van der Waals surface area contributed by atoms with Crippen LogP contribution in [0.1, 0.15) is 11.3 Å². The number of fused-ring (bicyclic) bond motifs is 1. The summed E-state index contributed by atoms with van der Waals surface area (Å²) in [5.41, 5.74) is 11.0. The summed E-state index contributed by atoms with van der Waals surface area (Å²) in [4.78, 5) is 9.09. The monoisotopic (exact) mass is 430 g/mol. The van der Waals surface area contributed by atoms with Crippen molar-refractivity contribution >= 4 is 41.5 Å². The first-order chi connectivity index (χ1) is 13.2. The van der Waals surface area contributed by atoms with Gasteiger partial charge in [0.25, 0.3) is 0 Å². The predicted octanol–water partition coefficient (Wildman–Crippen LogP) is 4.15. The number of nitrogens with two attached hydrogens (primary N) is 1. The number of aromatic amines is 1. The quantitative estimate of drug-likeness (QED) is 0.427. The zero-order chi connectivity index (χ0) is 18.6. The van der Waals surface area contributed by atoms with E-state index >= 15 is 0 Å². The summed E-state index contributed by atoms with van der Waals surface area (Å²) < 4.78 is 0. The molecule has 0 unspecified atom stereocenters. The van der Waals surface area contributed by atoms with Crippen LogP contribution < -0.4 is 11.1 Å². The van der Waals surface area contributed by atoms with Crippen molar-refractivity contribution in [3.05, 3.63) is 72.2 Å². The van der Waals surface area contributed by atoms with Crippen LogP contribution in [0.3, 0.4) is 0 Å². The maximum absolute atomic E-state index is 5.96. The first-order valence-corrected chi connectivity index (χ1v) is 9.00. The van der Waals surface area contributed by atoms with Gasteiger partial charge in [-0.2, -0.15) is 5.10 Å². The molecule has 0 aliphatic heterocycles. The van der Waals surface area contributed by atoms with Gasteiger partial charge >= 0.3 is 0 Å². The van der Waals surface area contributed by atoms with Crippen LogP contribution in [-0.2, 0) is 6.42 Å². The van der Waals surface area contributed by atoms with E-state index in [4.69, 9.17) is 10.7 Å². The topological polar surface area (TPSA) is 92.5 Å². The smallest absolute Gasteiger partial charge is 0.145 e. The predicted molar refractivity (Wildman–Crippen MR) is 123 cm³/mol. The lowest BCUT2D eigenvalue weighted by atomic mass is 10.1. The number of nitrogens with one attached hydrogen (secondary N) is 2. The van der Waals surface area contributed by atoms with E-state index < -0.39 is 0 Å². The molecule has 29 heavy (non-hydrogen) atoms. The van der Waals surface area contributed by atoms with Crippen molar-refractivity contribution in [1.82, 2.24) is 20.2 Å². The Hall–Kier alpha value is -2.67. The van der Waals surface area contributed by atoms with Gasteiger partial charge in [0.2, 0.25) is 0 Å². The van der Waals surface area contributed by atoms with E-state index in [1.54, 1.807) is 12.4 Å². The highest BCUT2D eigenvalue weighted by Crippen LogP contribution is 2.24. The second-order valence-electron chi connectivity index (χ2n) is 6.64. The minimum atomic E-state index is 0. The molecule has 4 aromatic rings. The molecule has 0 spiro atoms. The number of hydrogen-bond donors (Lipinski definition) is 3. The van der Waals surface area contributed by atoms with Crippen LogP contribution in [0, 0.1) is 6.92 Å². The maximum Gasteiger partial charge on any atom is 0.145 e. The van der Waals surface area contributed by atoms with Crippen molar-refractivity contribution in [2.45, 2.75) is 19.4 Å². The Morgan fingerprint density at radius 1 is 1.07 bits per heavy atom. The number of hydrogen-bond acceptors (Lipinski definition) is 5. The molecule has 4 N–H and O–H groups in total. The number of aromatic nitrogens is 4. The molecule has 0 fully saturated rings. The average molecular weight is 431 g/mol. The first kappa shape index (κ1) is 22.6. The first-order valence-electron chi connectivity index (χ1n) is 9.00. The minimum absolute atomic E-state index is 0. The summed E-state index contributed by atoms with van der Waals surface area (Å²) in [6.45, 7) is 2.53. The van der Waals surface area contributed by atoms with Crippen molar-refractivity contribution in [3.8, 4) is 11.3 Å². The molecule has 0 aliphatic rings. The van der Waals surface area contributed by atoms with Crippen molar-refractivity contribution in [2.75, 3.05) is 11.9 Å². The van der Waals surface area contributed by atoms with Crippen molar-refractivity contribution in [1.29, 1.82) is 0 Å². The molecule has 2 aromatic carbocycles. The third-order valence-corrected chi connectivity index (χ3v) is 4.64. The number of aryl methyl sites for hydroxylation is 1. The van der Waals surface area contributed by atoms with Gasteiger partial charge in [0.15, 0.2) is 0 Å².